The third kappa shape index (κ3) is 3.59. The second-order valence-electron chi connectivity index (χ2n) is 3.42. The molecule has 1 atom stereocenters. The monoisotopic (exact) mass is 272 g/mol. The fraction of sp³-hybridized carbons (Fsp3) is 0.800. The van der Waals surface area contributed by atoms with Crippen molar-refractivity contribution in [2.45, 2.75) is 38.5 Å². The first kappa shape index (κ1) is 16.7. The highest BCUT2D eigenvalue weighted by Crippen LogP contribution is 2.32. The van der Waals surface area contributed by atoms with Crippen molar-refractivity contribution in [3.05, 3.63) is 0 Å². The van der Waals surface area contributed by atoms with E-state index in [0.717, 1.165) is 0 Å². The maximum Gasteiger partial charge on any atom is 0.439 e. The molecular weight excluding hydrogens is 257 g/mol. The van der Waals surface area contributed by atoms with E-state index in [1.807, 2.05) is 0 Å². The molecule has 0 saturated heterocycles. The summed E-state index contributed by atoms with van der Waals surface area (Å²) < 4.78 is 46.0. The molecule has 0 aromatic carbocycles. The summed E-state index contributed by atoms with van der Waals surface area (Å²) in [6, 6.07) is 0. The second-order valence-corrected chi connectivity index (χ2v) is 3.42. The first-order valence-electron chi connectivity index (χ1n) is 5.35. The predicted octanol–water partition coefficient (Wildman–Crippen LogP) is 1.19. The van der Waals surface area contributed by atoms with Crippen molar-refractivity contribution in [1.82, 2.24) is 0 Å². The fourth-order valence-electron chi connectivity index (χ4n) is 0.964. The van der Waals surface area contributed by atoms with Gasteiger partial charge >= 0.3 is 23.7 Å². The van der Waals surface area contributed by atoms with Crippen molar-refractivity contribution in [2.24, 2.45) is 0 Å². The Kier molecular flexibility index (Phi) is 6.10. The minimum absolute atomic E-state index is 0.312. The number of esters is 2. The molecule has 0 rings (SSSR count). The van der Waals surface area contributed by atoms with Crippen LogP contribution in [0, 0.1) is 0 Å². The molecule has 0 fully saturated rings. The molecule has 0 aliphatic heterocycles. The van der Waals surface area contributed by atoms with Gasteiger partial charge in [0.05, 0.1) is 13.2 Å². The Morgan fingerprint density at radius 2 is 1.61 bits per heavy atom. The minimum atomic E-state index is -5.50. The largest absolute Gasteiger partial charge is 0.463 e. The van der Waals surface area contributed by atoms with Crippen LogP contribution in [-0.2, 0) is 19.1 Å². The van der Waals surface area contributed by atoms with Gasteiger partial charge in [0.2, 0.25) is 0 Å². The Balaban J connectivity index is 4.99. The zero-order valence-corrected chi connectivity index (χ0v) is 10.0. The van der Waals surface area contributed by atoms with Gasteiger partial charge in [0.15, 0.2) is 0 Å². The molecule has 106 valence electrons. The smallest absolute Gasteiger partial charge is 0.439 e. The van der Waals surface area contributed by atoms with Crippen LogP contribution in [0.2, 0.25) is 0 Å². The van der Waals surface area contributed by atoms with Crippen molar-refractivity contribution in [3.8, 4) is 0 Å². The topological polar surface area (TPSA) is 72.8 Å². The molecule has 0 aromatic heterocycles. The first-order chi connectivity index (χ1) is 8.21. The van der Waals surface area contributed by atoms with E-state index in [9.17, 15) is 27.9 Å². The summed E-state index contributed by atoms with van der Waals surface area (Å²) in [6.45, 7) is 2.26. The quantitative estimate of drug-likeness (QED) is 0.446. The molecule has 0 spiro atoms. The maximum atomic E-state index is 12.6. The van der Waals surface area contributed by atoms with Crippen LogP contribution in [0.4, 0.5) is 13.2 Å². The van der Waals surface area contributed by atoms with Gasteiger partial charge in [0.25, 0.3) is 0 Å². The van der Waals surface area contributed by atoms with Crippen molar-refractivity contribution in [3.63, 3.8) is 0 Å². The summed E-state index contributed by atoms with van der Waals surface area (Å²) in [5, 5.41) is 9.24. The van der Waals surface area contributed by atoms with Gasteiger partial charge in [-0.15, -0.1) is 0 Å². The number of carbonyl (C=O) groups is 2. The van der Waals surface area contributed by atoms with Gasteiger partial charge in [-0.2, -0.15) is 13.2 Å². The molecule has 0 radical (unpaired) electrons. The van der Waals surface area contributed by atoms with Gasteiger partial charge < -0.3 is 14.6 Å². The van der Waals surface area contributed by atoms with E-state index in [-0.39, 0.29) is 6.61 Å². The summed E-state index contributed by atoms with van der Waals surface area (Å²) in [4.78, 5) is 22.3. The van der Waals surface area contributed by atoms with E-state index in [4.69, 9.17) is 0 Å². The number of hydrogen-bond acceptors (Lipinski definition) is 5. The number of alkyl halides is 3. The second kappa shape index (κ2) is 6.58. The Morgan fingerprint density at radius 1 is 1.11 bits per heavy atom. The molecule has 0 aliphatic rings. The summed E-state index contributed by atoms with van der Waals surface area (Å²) in [7, 11) is 0. The molecule has 8 heteroatoms. The van der Waals surface area contributed by atoms with Crippen LogP contribution in [0.1, 0.15) is 26.7 Å². The van der Waals surface area contributed by atoms with Gasteiger partial charge in [-0.05, 0) is 13.3 Å². The lowest BCUT2D eigenvalue weighted by Crippen LogP contribution is -2.59. The number of carbonyl (C=O) groups excluding carboxylic acids is 2. The zero-order valence-electron chi connectivity index (χ0n) is 10.0. The molecule has 0 aliphatic carbocycles. The third-order valence-corrected chi connectivity index (χ3v) is 2.01. The number of unbranched alkanes of at least 4 members (excludes halogenated alkanes) is 1. The Morgan fingerprint density at radius 3 is 2.00 bits per heavy atom. The summed E-state index contributed by atoms with van der Waals surface area (Å²) in [5.41, 5.74) is -4.27. The lowest BCUT2D eigenvalue weighted by atomic mass is 10.0. The van der Waals surface area contributed by atoms with E-state index in [2.05, 4.69) is 9.47 Å². The average Bonchev–Trinajstić information content (AvgIpc) is 2.26. The van der Waals surface area contributed by atoms with E-state index in [1.165, 1.54) is 6.92 Å². The van der Waals surface area contributed by atoms with E-state index < -0.39 is 30.3 Å². The summed E-state index contributed by atoms with van der Waals surface area (Å²) in [5.74, 6) is -4.15. The molecule has 0 heterocycles. The maximum absolute atomic E-state index is 12.6. The van der Waals surface area contributed by atoms with E-state index >= 15 is 0 Å². The normalized spacial score (nSPS) is 14.8. The van der Waals surface area contributed by atoms with Gasteiger partial charge in [0, 0.05) is 0 Å². The first-order valence-corrected chi connectivity index (χ1v) is 5.35. The zero-order chi connectivity index (χ0) is 14.4. The number of halogens is 3. The number of ether oxygens (including phenoxy) is 2. The van der Waals surface area contributed by atoms with Crippen LogP contribution in [0.25, 0.3) is 0 Å². The third-order valence-electron chi connectivity index (χ3n) is 2.01. The number of hydrogen-bond donors (Lipinski definition) is 1. The van der Waals surface area contributed by atoms with Gasteiger partial charge in [-0.3, -0.25) is 0 Å². The van der Waals surface area contributed by atoms with Crippen molar-refractivity contribution in [2.75, 3.05) is 13.2 Å². The van der Waals surface area contributed by atoms with E-state index in [1.54, 1.807) is 6.92 Å². The Bertz CT molecular complexity index is 302. The van der Waals surface area contributed by atoms with Crippen LogP contribution >= 0.6 is 0 Å². The van der Waals surface area contributed by atoms with Crippen LogP contribution in [0.5, 0.6) is 0 Å². The number of aliphatic hydroxyl groups is 1. The number of rotatable bonds is 6. The van der Waals surface area contributed by atoms with Crippen molar-refractivity contribution >= 4 is 11.9 Å². The molecule has 0 aromatic rings. The van der Waals surface area contributed by atoms with Crippen molar-refractivity contribution in [1.29, 1.82) is 0 Å². The highest BCUT2D eigenvalue weighted by molar-refractivity contribution is 6.04. The highest BCUT2D eigenvalue weighted by Gasteiger charge is 2.68. The van der Waals surface area contributed by atoms with E-state index in [0.29, 0.717) is 12.8 Å². The molecule has 1 unspecified atom stereocenters. The molecule has 5 nitrogen and oxygen atoms in total. The SMILES string of the molecule is CCCCOC(=O)C(O)(C(=O)OCC)C(F)(F)F. The van der Waals surface area contributed by atoms with Gasteiger partial charge in [-0.1, -0.05) is 13.3 Å². The minimum Gasteiger partial charge on any atom is -0.463 e. The molecule has 0 saturated carbocycles. The van der Waals surface area contributed by atoms with Crippen LogP contribution in [0.15, 0.2) is 0 Å². The molecular formula is C10H15F3O5. The van der Waals surface area contributed by atoms with Crippen molar-refractivity contribution < 1.29 is 37.3 Å². The average molecular weight is 272 g/mol. The Hall–Kier alpha value is -1.31. The summed E-state index contributed by atoms with van der Waals surface area (Å²) >= 11 is 0. The predicted molar refractivity (Wildman–Crippen MR) is 53.5 cm³/mol. The Labute approximate surface area is 102 Å². The molecule has 0 bridgehead atoms. The van der Waals surface area contributed by atoms with Gasteiger partial charge in [0.1, 0.15) is 0 Å². The van der Waals surface area contributed by atoms with Crippen LogP contribution in [0.3, 0.4) is 0 Å². The summed E-state index contributed by atoms with van der Waals surface area (Å²) in [6.07, 6.45) is -4.60. The molecule has 0 amide bonds. The van der Waals surface area contributed by atoms with Crippen LogP contribution in [-0.4, -0.2) is 42.0 Å². The lowest BCUT2D eigenvalue weighted by molar-refractivity contribution is -0.263. The highest BCUT2D eigenvalue weighted by atomic mass is 19.4. The van der Waals surface area contributed by atoms with Crippen LogP contribution < -0.4 is 0 Å². The fourth-order valence-corrected chi connectivity index (χ4v) is 0.964. The standard InChI is InChI=1S/C10H15F3O5/c1-3-5-6-18-8(15)9(16,10(11,12)13)7(14)17-4-2/h16H,3-6H2,1-2H3. The molecule has 1 N–H and O–H groups in total. The van der Waals surface area contributed by atoms with Gasteiger partial charge in [-0.25, -0.2) is 9.59 Å². The molecule has 18 heavy (non-hydrogen) atoms. The lowest BCUT2D eigenvalue weighted by Gasteiger charge is -2.25.